The molecule has 0 spiro atoms. The second-order valence-corrected chi connectivity index (χ2v) is 4.35. The normalized spacial score (nSPS) is 17.2. The third-order valence-corrected chi connectivity index (χ3v) is 2.45. The largest absolute Gasteiger partial charge is 0.465 e. The van der Waals surface area contributed by atoms with Gasteiger partial charge in [-0.15, -0.1) is 0 Å². The van der Waals surface area contributed by atoms with Gasteiger partial charge in [0.05, 0.1) is 18.8 Å². The molecule has 1 rings (SSSR count). The average molecular weight is 238 g/mol. The van der Waals surface area contributed by atoms with Crippen molar-refractivity contribution >= 4 is 18.0 Å². The average Bonchev–Trinajstić information content (AvgIpc) is 3.11. The molecule has 0 unspecified atom stereocenters. The van der Waals surface area contributed by atoms with Crippen LogP contribution in [-0.4, -0.2) is 31.1 Å². The fourth-order valence-corrected chi connectivity index (χ4v) is 1.19. The van der Waals surface area contributed by atoms with E-state index in [0.29, 0.717) is 0 Å². The van der Waals surface area contributed by atoms with E-state index in [4.69, 9.17) is 5.73 Å². The standard InChI is InChI=1S/C12H18N2O3/c1-7(2)11(15)10(13)9(12(16)17-3)6-14-8-4-5-8/h6-8H,4-5,13H2,1-3H3. The van der Waals surface area contributed by atoms with E-state index in [9.17, 15) is 9.59 Å². The van der Waals surface area contributed by atoms with Gasteiger partial charge in [0.15, 0.2) is 5.78 Å². The van der Waals surface area contributed by atoms with Gasteiger partial charge in [0, 0.05) is 12.1 Å². The molecule has 0 aromatic heterocycles. The molecule has 0 aromatic carbocycles. The van der Waals surface area contributed by atoms with Gasteiger partial charge in [-0.2, -0.15) is 0 Å². The number of rotatable bonds is 5. The number of aliphatic imine (C=N–C) groups is 1. The van der Waals surface area contributed by atoms with Gasteiger partial charge in [0.25, 0.3) is 0 Å². The molecule has 1 saturated carbocycles. The lowest BCUT2D eigenvalue weighted by atomic mass is 10.0. The molecule has 17 heavy (non-hydrogen) atoms. The predicted molar refractivity (Wildman–Crippen MR) is 64.6 cm³/mol. The lowest BCUT2D eigenvalue weighted by Crippen LogP contribution is -2.23. The van der Waals surface area contributed by atoms with Gasteiger partial charge in [0.1, 0.15) is 5.57 Å². The van der Waals surface area contributed by atoms with Crippen LogP contribution in [0.4, 0.5) is 0 Å². The summed E-state index contributed by atoms with van der Waals surface area (Å²) in [6.45, 7) is 3.45. The Morgan fingerprint density at radius 1 is 1.41 bits per heavy atom. The summed E-state index contributed by atoms with van der Waals surface area (Å²) in [5.41, 5.74) is 5.66. The summed E-state index contributed by atoms with van der Waals surface area (Å²) >= 11 is 0. The highest BCUT2D eigenvalue weighted by atomic mass is 16.5. The number of carbonyl (C=O) groups excluding carboxylic acids is 2. The van der Waals surface area contributed by atoms with Gasteiger partial charge in [-0.1, -0.05) is 13.8 Å². The first-order chi connectivity index (χ1) is 7.97. The number of carbonyl (C=O) groups is 2. The molecule has 0 aliphatic heterocycles. The Labute approximate surface area is 101 Å². The SMILES string of the molecule is COC(=O)C(C=NC1CC1)=C(N)C(=O)C(C)C. The van der Waals surface area contributed by atoms with Gasteiger partial charge < -0.3 is 10.5 Å². The van der Waals surface area contributed by atoms with E-state index in [0.717, 1.165) is 12.8 Å². The van der Waals surface area contributed by atoms with Crippen LogP contribution in [0, 0.1) is 5.92 Å². The molecule has 0 amide bonds. The van der Waals surface area contributed by atoms with Crippen molar-refractivity contribution in [3.05, 3.63) is 11.3 Å². The monoisotopic (exact) mass is 238 g/mol. The maximum absolute atomic E-state index is 11.7. The van der Waals surface area contributed by atoms with Crippen molar-refractivity contribution in [3.8, 4) is 0 Å². The maximum Gasteiger partial charge on any atom is 0.341 e. The first kappa shape index (κ1) is 13.4. The molecule has 1 aliphatic rings. The quantitative estimate of drug-likeness (QED) is 0.437. The second kappa shape index (κ2) is 5.61. The van der Waals surface area contributed by atoms with Crippen LogP contribution in [0.15, 0.2) is 16.3 Å². The van der Waals surface area contributed by atoms with Crippen molar-refractivity contribution < 1.29 is 14.3 Å². The van der Waals surface area contributed by atoms with Crippen molar-refractivity contribution in [2.24, 2.45) is 16.6 Å². The van der Waals surface area contributed by atoms with E-state index >= 15 is 0 Å². The summed E-state index contributed by atoms with van der Waals surface area (Å²) in [5.74, 6) is -1.16. The molecule has 0 aromatic rings. The van der Waals surface area contributed by atoms with Crippen LogP contribution >= 0.6 is 0 Å². The van der Waals surface area contributed by atoms with Gasteiger partial charge >= 0.3 is 5.97 Å². The minimum absolute atomic E-state index is 0.0538. The third kappa shape index (κ3) is 3.69. The predicted octanol–water partition coefficient (Wildman–Crippen LogP) is 0.830. The van der Waals surface area contributed by atoms with Crippen LogP contribution in [0.25, 0.3) is 0 Å². The number of allylic oxidation sites excluding steroid dienone is 1. The van der Waals surface area contributed by atoms with Crippen LogP contribution in [-0.2, 0) is 14.3 Å². The first-order valence-electron chi connectivity index (χ1n) is 5.62. The molecule has 2 N–H and O–H groups in total. The molecule has 5 heteroatoms. The van der Waals surface area contributed by atoms with Gasteiger partial charge in [-0.3, -0.25) is 9.79 Å². The molecule has 1 fully saturated rings. The van der Waals surface area contributed by atoms with E-state index in [2.05, 4.69) is 9.73 Å². The summed E-state index contributed by atoms with van der Waals surface area (Å²) in [6.07, 6.45) is 3.39. The fourth-order valence-electron chi connectivity index (χ4n) is 1.19. The number of methoxy groups -OCH3 is 1. The number of nitrogens with zero attached hydrogens (tertiary/aromatic N) is 1. The highest BCUT2D eigenvalue weighted by Gasteiger charge is 2.23. The Balaban J connectivity index is 2.97. The zero-order chi connectivity index (χ0) is 13.0. The van der Waals surface area contributed by atoms with E-state index < -0.39 is 5.97 Å². The number of nitrogens with two attached hydrogens (primary N) is 1. The molecule has 0 heterocycles. The lowest BCUT2D eigenvalue weighted by Gasteiger charge is -2.07. The topological polar surface area (TPSA) is 81.8 Å². The highest BCUT2D eigenvalue weighted by Crippen LogP contribution is 2.23. The number of esters is 1. The number of ketones is 1. The molecular formula is C12H18N2O3. The third-order valence-electron chi connectivity index (χ3n) is 2.45. The molecule has 0 atom stereocenters. The molecule has 0 bridgehead atoms. The molecule has 0 radical (unpaired) electrons. The lowest BCUT2D eigenvalue weighted by molar-refractivity contribution is -0.135. The van der Waals surface area contributed by atoms with E-state index in [-0.39, 0.29) is 29.0 Å². The Morgan fingerprint density at radius 2 is 2.00 bits per heavy atom. The number of hydrogen-bond donors (Lipinski definition) is 1. The Morgan fingerprint density at radius 3 is 2.41 bits per heavy atom. The van der Waals surface area contributed by atoms with E-state index in [1.54, 1.807) is 13.8 Å². The van der Waals surface area contributed by atoms with E-state index in [1.807, 2.05) is 0 Å². The summed E-state index contributed by atoms with van der Waals surface area (Å²) in [5, 5.41) is 0. The second-order valence-electron chi connectivity index (χ2n) is 4.35. The summed E-state index contributed by atoms with van der Waals surface area (Å²) < 4.78 is 4.60. The van der Waals surface area contributed by atoms with Crippen LogP contribution in [0.1, 0.15) is 26.7 Å². The van der Waals surface area contributed by atoms with Crippen molar-refractivity contribution in [3.63, 3.8) is 0 Å². The smallest absolute Gasteiger partial charge is 0.341 e. The maximum atomic E-state index is 11.7. The van der Waals surface area contributed by atoms with Crippen molar-refractivity contribution in [1.82, 2.24) is 0 Å². The minimum atomic E-state index is -0.624. The first-order valence-corrected chi connectivity index (χ1v) is 5.62. The molecule has 5 nitrogen and oxygen atoms in total. The molecular weight excluding hydrogens is 220 g/mol. The van der Waals surface area contributed by atoms with Crippen LogP contribution in [0.3, 0.4) is 0 Å². The molecule has 1 aliphatic carbocycles. The fraction of sp³-hybridized carbons (Fsp3) is 0.583. The zero-order valence-corrected chi connectivity index (χ0v) is 10.4. The summed E-state index contributed by atoms with van der Waals surface area (Å²) in [6, 6.07) is 0.261. The number of hydrogen-bond acceptors (Lipinski definition) is 5. The van der Waals surface area contributed by atoms with Crippen LogP contribution < -0.4 is 5.73 Å². The highest BCUT2D eigenvalue weighted by molar-refractivity contribution is 6.16. The van der Waals surface area contributed by atoms with Crippen molar-refractivity contribution in [2.75, 3.05) is 7.11 Å². The summed E-state index contributed by atoms with van der Waals surface area (Å²) in [4.78, 5) is 27.4. The Bertz CT molecular complexity index is 379. The Hall–Kier alpha value is -1.65. The zero-order valence-electron chi connectivity index (χ0n) is 10.4. The number of Topliss-reactive ketones (excluding diaryl/α,β-unsaturated/α-hetero) is 1. The van der Waals surface area contributed by atoms with E-state index in [1.165, 1.54) is 13.3 Å². The van der Waals surface area contributed by atoms with Gasteiger partial charge in [-0.25, -0.2) is 4.79 Å². The van der Waals surface area contributed by atoms with Crippen LogP contribution in [0.5, 0.6) is 0 Å². The minimum Gasteiger partial charge on any atom is -0.465 e. The number of ether oxygens (including phenoxy) is 1. The van der Waals surface area contributed by atoms with Gasteiger partial charge in [-0.05, 0) is 12.8 Å². The molecule has 94 valence electrons. The van der Waals surface area contributed by atoms with Gasteiger partial charge in [0.2, 0.25) is 0 Å². The Kier molecular flexibility index (Phi) is 4.43. The van der Waals surface area contributed by atoms with Crippen LogP contribution in [0.2, 0.25) is 0 Å². The summed E-state index contributed by atoms with van der Waals surface area (Å²) in [7, 11) is 1.25. The molecule has 0 saturated heterocycles. The van der Waals surface area contributed by atoms with Crippen molar-refractivity contribution in [2.45, 2.75) is 32.7 Å². The van der Waals surface area contributed by atoms with Crippen molar-refractivity contribution in [1.29, 1.82) is 0 Å².